The van der Waals surface area contributed by atoms with E-state index < -0.39 is 0 Å². The van der Waals surface area contributed by atoms with Crippen molar-refractivity contribution in [2.45, 2.75) is 20.3 Å². The Hall–Kier alpha value is -1.56. The normalized spacial score (nSPS) is 11.1. The lowest BCUT2D eigenvalue weighted by atomic mass is 9.83. The van der Waals surface area contributed by atoms with Gasteiger partial charge in [-0.25, -0.2) is 0 Å². The topological polar surface area (TPSA) is 0 Å². The van der Waals surface area contributed by atoms with Crippen molar-refractivity contribution in [3.05, 3.63) is 77.7 Å². The Balaban J connectivity index is 2.20. The van der Waals surface area contributed by atoms with Crippen molar-refractivity contribution in [3.8, 4) is 0 Å². The molecule has 2 rings (SSSR count). The average Bonchev–Trinajstić information content (AvgIpc) is 2.38. The van der Waals surface area contributed by atoms with Gasteiger partial charge in [0.05, 0.1) is 0 Å². The van der Waals surface area contributed by atoms with Crippen LogP contribution in [0.5, 0.6) is 0 Å². The van der Waals surface area contributed by atoms with E-state index >= 15 is 0 Å². The minimum absolute atomic E-state index is 0.581. The standard InChI is InChI=1S/C17H19/c1-14(2)17(16-11-7-4-8-12-16)13-15-9-5-3-6-10-15/h3-12,14H,13H2,1-2H3. The highest BCUT2D eigenvalue weighted by molar-refractivity contribution is 5.35. The van der Waals surface area contributed by atoms with Crippen LogP contribution < -0.4 is 0 Å². The molecule has 0 aliphatic rings. The molecule has 0 aliphatic carbocycles. The van der Waals surface area contributed by atoms with Gasteiger partial charge in [0.15, 0.2) is 0 Å². The summed E-state index contributed by atoms with van der Waals surface area (Å²) in [5.74, 6) is 2.09. The van der Waals surface area contributed by atoms with Crippen molar-refractivity contribution in [1.29, 1.82) is 0 Å². The summed E-state index contributed by atoms with van der Waals surface area (Å²) in [6.45, 7) is 4.54. The van der Waals surface area contributed by atoms with Gasteiger partial charge in [-0.3, -0.25) is 0 Å². The highest BCUT2D eigenvalue weighted by Gasteiger charge is 2.16. The maximum absolute atomic E-state index is 2.27. The zero-order chi connectivity index (χ0) is 12.1. The Morgan fingerprint density at radius 1 is 0.824 bits per heavy atom. The van der Waals surface area contributed by atoms with E-state index in [1.807, 2.05) is 0 Å². The maximum atomic E-state index is 2.27. The van der Waals surface area contributed by atoms with Crippen LogP contribution >= 0.6 is 0 Å². The average molecular weight is 223 g/mol. The van der Waals surface area contributed by atoms with Crippen LogP contribution in [0.25, 0.3) is 0 Å². The van der Waals surface area contributed by atoms with E-state index in [2.05, 4.69) is 74.5 Å². The second kappa shape index (κ2) is 5.67. The van der Waals surface area contributed by atoms with Crippen molar-refractivity contribution in [1.82, 2.24) is 0 Å². The summed E-state index contributed by atoms with van der Waals surface area (Å²) in [7, 11) is 0. The van der Waals surface area contributed by atoms with Gasteiger partial charge >= 0.3 is 0 Å². The highest BCUT2D eigenvalue weighted by Crippen LogP contribution is 2.27. The predicted octanol–water partition coefficient (Wildman–Crippen LogP) is 4.51. The minimum Gasteiger partial charge on any atom is -0.0622 e. The Morgan fingerprint density at radius 3 is 1.88 bits per heavy atom. The molecule has 0 saturated heterocycles. The number of rotatable bonds is 4. The first-order valence-electron chi connectivity index (χ1n) is 6.22. The van der Waals surface area contributed by atoms with Gasteiger partial charge in [-0.15, -0.1) is 0 Å². The molecule has 0 heterocycles. The lowest BCUT2D eigenvalue weighted by Gasteiger charge is -2.20. The van der Waals surface area contributed by atoms with Gasteiger partial charge in [0.1, 0.15) is 0 Å². The van der Waals surface area contributed by atoms with Crippen LogP contribution in [-0.2, 0) is 6.42 Å². The maximum Gasteiger partial charge on any atom is 0.0119 e. The summed E-state index contributed by atoms with van der Waals surface area (Å²) >= 11 is 0. The third-order valence-corrected chi connectivity index (χ3v) is 3.08. The van der Waals surface area contributed by atoms with E-state index in [-0.39, 0.29) is 0 Å². The Bertz CT molecular complexity index is 428. The van der Waals surface area contributed by atoms with E-state index in [1.165, 1.54) is 17.0 Å². The fraction of sp³-hybridized carbons (Fsp3) is 0.235. The molecule has 0 amide bonds. The molecule has 0 aromatic heterocycles. The summed E-state index contributed by atoms with van der Waals surface area (Å²) in [5.41, 5.74) is 2.76. The van der Waals surface area contributed by atoms with Crippen LogP contribution in [0.3, 0.4) is 0 Å². The summed E-state index contributed by atoms with van der Waals surface area (Å²) in [6.07, 6.45) is 1.04. The quantitative estimate of drug-likeness (QED) is 0.715. The lowest BCUT2D eigenvalue weighted by Crippen LogP contribution is -2.11. The first kappa shape index (κ1) is 11.9. The number of hydrogen-bond donors (Lipinski definition) is 0. The van der Waals surface area contributed by atoms with E-state index in [0.717, 1.165) is 6.42 Å². The van der Waals surface area contributed by atoms with Crippen molar-refractivity contribution >= 4 is 0 Å². The molecule has 0 heteroatoms. The van der Waals surface area contributed by atoms with Crippen LogP contribution in [-0.4, -0.2) is 0 Å². The molecule has 0 saturated carbocycles. The molecule has 0 unspecified atom stereocenters. The second-order valence-corrected chi connectivity index (χ2v) is 4.71. The molecule has 0 bridgehead atoms. The van der Waals surface area contributed by atoms with Gasteiger partial charge < -0.3 is 0 Å². The minimum atomic E-state index is 0.581. The third kappa shape index (κ3) is 3.20. The highest BCUT2D eigenvalue weighted by atomic mass is 14.2. The first-order valence-corrected chi connectivity index (χ1v) is 6.22. The fourth-order valence-electron chi connectivity index (χ4n) is 2.11. The first-order chi connectivity index (χ1) is 8.27. The third-order valence-electron chi connectivity index (χ3n) is 3.08. The van der Waals surface area contributed by atoms with Crippen molar-refractivity contribution < 1.29 is 0 Å². The van der Waals surface area contributed by atoms with Crippen LogP contribution in [0.15, 0.2) is 60.7 Å². The molecular formula is C17H19. The van der Waals surface area contributed by atoms with Crippen molar-refractivity contribution in [3.63, 3.8) is 0 Å². The molecule has 0 spiro atoms. The largest absolute Gasteiger partial charge is 0.0622 e. The van der Waals surface area contributed by atoms with Gasteiger partial charge in [0.25, 0.3) is 0 Å². The van der Waals surface area contributed by atoms with E-state index in [1.54, 1.807) is 0 Å². The summed E-state index contributed by atoms with van der Waals surface area (Å²) in [4.78, 5) is 0. The van der Waals surface area contributed by atoms with E-state index in [4.69, 9.17) is 0 Å². The van der Waals surface area contributed by atoms with Crippen LogP contribution in [0, 0.1) is 11.8 Å². The SMILES string of the molecule is CC(C)[C](Cc1ccccc1)c1ccccc1. The molecule has 17 heavy (non-hydrogen) atoms. The molecule has 2 aromatic carbocycles. The zero-order valence-electron chi connectivity index (χ0n) is 10.6. The smallest absolute Gasteiger partial charge is 0.0119 e. The zero-order valence-corrected chi connectivity index (χ0v) is 10.6. The van der Waals surface area contributed by atoms with Gasteiger partial charge in [-0.2, -0.15) is 0 Å². The van der Waals surface area contributed by atoms with Crippen LogP contribution in [0.1, 0.15) is 25.0 Å². The Morgan fingerprint density at radius 2 is 1.35 bits per heavy atom. The summed E-state index contributed by atoms with van der Waals surface area (Å²) in [6, 6.07) is 21.4. The summed E-state index contributed by atoms with van der Waals surface area (Å²) in [5, 5.41) is 0. The van der Waals surface area contributed by atoms with Gasteiger partial charge in [0.2, 0.25) is 0 Å². The molecule has 0 atom stereocenters. The van der Waals surface area contributed by atoms with E-state index in [0.29, 0.717) is 5.92 Å². The number of hydrogen-bond acceptors (Lipinski definition) is 0. The predicted molar refractivity (Wildman–Crippen MR) is 73.8 cm³/mol. The monoisotopic (exact) mass is 223 g/mol. The Labute approximate surface area is 104 Å². The molecule has 1 radical (unpaired) electrons. The Kier molecular flexibility index (Phi) is 3.98. The molecule has 2 aromatic rings. The second-order valence-electron chi connectivity index (χ2n) is 4.71. The molecule has 0 aliphatic heterocycles. The van der Waals surface area contributed by atoms with Crippen molar-refractivity contribution in [2.75, 3.05) is 0 Å². The van der Waals surface area contributed by atoms with Crippen molar-refractivity contribution in [2.24, 2.45) is 5.92 Å². The molecule has 0 N–H and O–H groups in total. The van der Waals surface area contributed by atoms with Crippen LogP contribution in [0.4, 0.5) is 0 Å². The molecule has 0 nitrogen and oxygen atoms in total. The van der Waals surface area contributed by atoms with Gasteiger partial charge in [0, 0.05) is 5.92 Å². The number of benzene rings is 2. The van der Waals surface area contributed by atoms with Gasteiger partial charge in [-0.05, 0) is 23.5 Å². The summed E-state index contributed by atoms with van der Waals surface area (Å²) < 4.78 is 0. The molecule has 0 fully saturated rings. The van der Waals surface area contributed by atoms with Crippen LogP contribution in [0.2, 0.25) is 0 Å². The van der Waals surface area contributed by atoms with E-state index in [9.17, 15) is 0 Å². The van der Waals surface area contributed by atoms with Gasteiger partial charge in [-0.1, -0.05) is 74.5 Å². The molecule has 87 valence electrons. The fourth-order valence-corrected chi connectivity index (χ4v) is 2.11. The molecular weight excluding hydrogens is 204 g/mol. The lowest BCUT2D eigenvalue weighted by molar-refractivity contribution is 0.656.